The van der Waals surface area contributed by atoms with Gasteiger partial charge >= 0.3 is 0 Å². The largest absolute Gasteiger partial charge is 0.346 e. The fourth-order valence-corrected chi connectivity index (χ4v) is 0.483. The third kappa shape index (κ3) is 4.08. The van der Waals surface area contributed by atoms with Crippen LogP contribution >= 0.6 is 0 Å². The van der Waals surface area contributed by atoms with Crippen LogP contribution in [0.3, 0.4) is 0 Å². The lowest BCUT2D eigenvalue weighted by Gasteiger charge is -1.92. The molecule has 0 unspecified atom stereocenters. The molecule has 0 saturated carbocycles. The Morgan fingerprint density at radius 1 is 1.55 bits per heavy atom. The van der Waals surface area contributed by atoms with Crippen molar-refractivity contribution in [3.63, 3.8) is 0 Å². The molecule has 0 aliphatic carbocycles. The molecule has 0 aliphatic heterocycles. The zero-order valence-electron chi connectivity index (χ0n) is 6.91. The highest BCUT2D eigenvalue weighted by molar-refractivity contribution is 5.34. The molecule has 1 rings (SSSR count). The molecule has 0 bridgehead atoms. The SMILES string of the molecule is C=CNc1cccnn1.CC. The molecule has 1 heterocycles. The van der Waals surface area contributed by atoms with Crippen molar-refractivity contribution in [2.24, 2.45) is 0 Å². The van der Waals surface area contributed by atoms with Crippen molar-refractivity contribution in [2.45, 2.75) is 13.8 Å². The molecule has 3 heteroatoms. The van der Waals surface area contributed by atoms with Crippen molar-refractivity contribution in [3.8, 4) is 0 Å². The highest BCUT2D eigenvalue weighted by Crippen LogP contribution is 1.95. The van der Waals surface area contributed by atoms with Crippen LogP contribution in [0.2, 0.25) is 0 Å². The zero-order chi connectivity index (χ0) is 8.53. The molecular formula is C8H13N3. The summed E-state index contributed by atoms with van der Waals surface area (Å²) in [6.45, 7) is 7.48. The van der Waals surface area contributed by atoms with Gasteiger partial charge in [-0.25, -0.2) is 0 Å². The number of nitrogens with zero attached hydrogens (tertiary/aromatic N) is 2. The van der Waals surface area contributed by atoms with Crippen LogP contribution in [0.25, 0.3) is 0 Å². The summed E-state index contributed by atoms with van der Waals surface area (Å²) in [4.78, 5) is 0. The zero-order valence-corrected chi connectivity index (χ0v) is 6.91. The van der Waals surface area contributed by atoms with E-state index in [4.69, 9.17) is 0 Å². The van der Waals surface area contributed by atoms with Gasteiger partial charge in [0.1, 0.15) is 0 Å². The molecular weight excluding hydrogens is 138 g/mol. The first-order valence-corrected chi connectivity index (χ1v) is 3.58. The Labute approximate surface area is 67.2 Å². The molecule has 0 aliphatic rings. The van der Waals surface area contributed by atoms with Crippen molar-refractivity contribution in [1.29, 1.82) is 0 Å². The molecule has 0 amide bonds. The summed E-state index contributed by atoms with van der Waals surface area (Å²) in [6.07, 6.45) is 3.18. The summed E-state index contributed by atoms with van der Waals surface area (Å²) in [7, 11) is 0. The molecule has 0 fully saturated rings. The van der Waals surface area contributed by atoms with E-state index in [2.05, 4.69) is 22.1 Å². The average Bonchev–Trinajstić information content (AvgIpc) is 2.11. The number of aromatic nitrogens is 2. The van der Waals surface area contributed by atoms with Gasteiger partial charge in [0.25, 0.3) is 0 Å². The lowest BCUT2D eigenvalue weighted by atomic mass is 10.5. The third-order valence-corrected chi connectivity index (χ3v) is 0.822. The maximum absolute atomic E-state index is 3.74. The van der Waals surface area contributed by atoms with Crippen molar-refractivity contribution >= 4 is 5.82 Å². The Kier molecular flexibility index (Phi) is 5.89. The Morgan fingerprint density at radius 3 is 2.73 bits per heavy atom. The molecule has 1 aromatic rings. The van der Waals surface area contributed by atoms with E-state index in [9.17, 15) is 0 Å². The smallest absolute Gasteiger partial charge is 0.152 e. The van der Waals surface area contributed by atoms with Crippen LogP contribution in [-0.2, 0) is 0 Å². The Balaban J connectivity index is 0.000000461. The second kappa shape index (κ2) is 6.74. The lowest BCUT2D eigenvalue weighted by Crippen LogP contribution is -1.90. The topological polar surface area (TPSA) is 37.8 Å². The van der Waals surface area contributed by atoms with E-state index in [0.717, 1.165) is 0 Å². The van der Waals surface area contributed by atoms with Crippen molar-refractivity contribution in [1.82, 2.24) is 10.2 Å². The summed E-state index contributed by atoms with van der Waals surface area (Å²) >= 11 is 0. The molecule has 0 saturated heterocycles. The highest BCUT2D eigenvalue weighted by atomic mass is 15.2. The van der Waals surface area contributed by atoms with Crippen LogP contribution < -0.4 is 5.32 Å². The summed E-state index contributed by atoms with van der Waals surface area (Å²) in [5, 5.41) is 10.2. The first-order chi connectivity index (χ1) is 5.43. The molecule has 0 aromatic carbocycles. The first kappa shape index (κ1) is 9.62. The molecule has 0 atom stereocenters. The minimum atomic E-state index is 0.715. The molecule has 11 heavy (non-hydrogen) atoms. The Bertz CT molecular complexity index is 184. The summed E-state index contributed by atoms with van der Waals surface area (Å²) in [5.41, 5.74) is 0. The molecule has 3 nitrogen and oxygen atoms in total. The highest BCUT2D eigenvalue weighted by Gasteiger charge is 1.82. The maximum Gasteiger partial charge on any atom is 0.152 e. The van der Waals surface area contributed by atoms with Crippen LogP contribution in [0.4, 0.5) is 5.82 Å². The van der Waals surface area contributed by atoms with Gasteiger partial charge in [-0.15, -0.1) is 5.10 Å². The fraction of sp³-hybridized carbons (Fsp3) is 0.250. The Hall–Kier alpha value is -1.38. The van der Waals surface area contributed by atoms with Crippen LogP contribution in [0.15, 0.2) is 31.1 Å². The average molecular weight is 151 g/mol. The van der Waals surface area contributed by atoms with E-state index in [1.807, 2.05) is 19.9 Å². The minimum absolute atomic E-state index is 0.715. The first-order valence-electron chi connectivity index (χ1n) is 3.58. The van der Waals surface area contributed by atoms with Gasteiger partial charge in [-0.3, -0.25) is 0 Å². The van der Waals surface area contributed by atoms with Crippen LogP contribution in [0, 0.1) is 0 Å². The predicted molar refractivity (Wildman–Crippen MR) is 47.2 cm³/mol. The van der Waals surface area contributed by atoms with E-state index in [-0.39, 0.29) is 0 Å². The van der Waals surface area contributed by atoms with E-state index in [1.54, 1.807) is 18.5 Å². The molecule has 1 N–H and O–H groups in total. The number of rotatable bonds is 2. The van der Waals surface area contributed by atoms with E-state index < -0.39 is 0 Å². The monoisotopic (exact) mass is 151 g/mol. The number of anilines is 1. The normalized spacial score (nSPS) is 7.45. The number of hydrogen-bond acceptors (Lipinski definition) is 3. The van der Waals surface area contributed by atoms with Gasteiger partial charge in [-0.1, -0.05) is 20.4 Å². The van der Waals surface area contributed by atoms with E-state index in [0.29, 0.717) is 5.82 Å². The fourth-order valence-electron chi connectivity index (χ4n) is 0.483. The molecule has 0 spiro atoms. The van der Waals surface area contributed by atoms with E-state index >= 15 is 0 Å². The van der Waals surface area contributed by atoms with Crippen molar-refractivity contribution < 1.29 is 0 Å². The van der Waals surface area contributed by atoms with Gasteiger partial charge in [0.05, 0.1) is 0 Å². The van der Waals surface area contributed by atoms with Crippen LogP contribution in [-0.4, -0.2) is 10.2 Å². The summed E-state index contributed by atoms with van der Waals surface area (Å²) in [5.74, 6) is 0.715. The van der Waals surface area contributed by atoms with Gasteiger partial charge in [-0.05, 0) is 18.3 Å². The second-order valence-electron chi connectivity index (χ2n) is 1.46. The van der Waals surface area contributed by atoms with Gasteiger partial charge < -0.3 is 5.32 Å². The van der Waals surface area contributed by atoms with Gasteiger partial charge in [-0.2, -0.15) is 5.10 Å². The quantitative estimate of drug-likeness (QED) is 0.703. The third-order valence-electron chi connectivity index (χ3n) is 0.822. The van der Waals surface area contributed by atoms with Gasteiger partial charge in [0, 0.05) is 6.20 Å². The number of hydrogen-bond donors (Lipinski definition) is 1. The minimum Gasteiger partial charge on any atom is -0.346 e. The maximum atomic E-state index is 3.74. The van der Waals surface area contributed by atoms with Crippen molar-refractivity contribution in [2.75, 3.05) is 5.32 Å². The van der Waals surface area contributed by atoms with E-state index in [1.165, 1.54) is 0 Å². The Morgan fingerprint density at radius 2 is 2.27 bits per heavy atom. The predicted octanol–water partition coefficient (Wildman–Crippen LogP) is 2.06. The van der Waals surface area contributed by atoms with Crippen LogP contribution in [0.1, 0.15) is 13.8 Å². The second-order valence-corrected chi connectivity index (χ2v) is 1.46. The van der Waals surface area contributed by atoms with Gasteiger partial charge in [0.15, 0.2) is 5.82 Å². The molecule has 0 radical (unpaired) electrons. The van der Waals surface area contributed by atoms with Gasteiger partial charge in [0.2, 0.25) is 0 Å². The van der Waals surface area contributed by atoms with Crippen LogP contribution in [0.5, 0.6) is 0 Å². The summed E-state index contributed by atoms with van der Waals surface area (Å²) < 4.78 is 0. The molecule has 1 aromatic heterocycles. The number of nitrogens with one attached hydrogen (secondary N) is 1. The summed E-state index contributed by atoms with van der Waals surface area (Å²) in [6, 6.07) is 3.62. The lowest BCUT2D eigenvalue weighted by molar-refractivity contribution is 1.04. The standard InChI is InChI=1S/C6H7N3.C2H6/c1-2-7-6-4-3-5-8-9-6;1-2/h2-5H,1H2,(H,7,9);1-2H3. The molecule has 60 valence electrons. The van der Waals surface area contributed by atoms with Crippen molar-refractivity contribution in [3.05, 3.63) is 31.1 Å².